The lowest BCUT2D eigenvalue weighted by Gasteiger charge is -2.32. The third-order valence-corrected chi connectivity index (χ3v) is 26.6. The first-order chi connectivity index (χ1) is 47.3. The molecule has 0 bridgehead atoms. The maximum Gasteiger partial charge on any atom is 0.496 e. The Hall–Kier alpha value is -5.66. The number of hydrogen-bond acceptors (Lipinski definition) is 16. The average molecular weight is 1540 g/mol. The molecule has 0 N–H and O–H groups in total. The van der Waals surface area contributed by atoms with Crippen LogP contribution in [0.1, 0.15) is 102 Å². The summed E-state index contributed by atoms with van der Waals surface area (Å²) in [4.78, 5) is 47.7. The number of rotatable bonds is 28. The van der Waals surface area contributed by atoms with Crippen LogP contribution in [0.3, 0.4) is 0 Å². The summed E-state index contributed by atoms with van der Waals surface area (Å²) in [6, 6.07) is 37.3. The van der Waals surface area contributed by atoms with E-state index in [-0.39, 0.29) is 24.2 Å². The van der Waals surface area contributed by atoms with Gasteiger partial charge in [-0.3, -0.25) is 19.6 Å². The molecule has 100 heavy (non-hydrogen) atoms. The van der Waals surface area contributed by atoms with Crippen LogP contribution in [-0.4, -0.2) is 155 Å². The number of pyridine rings is 2. The van der Waals surface area contributed by atoms with Gasteiger partial charge in [0.05, 0.1) is 38.6 Å². The zero-order valence-corrected chi connectivity index (χ0v) is 68.7. The van der Waals surface area contributed by atoms with Crippen LogP contribution >= 0.6 is 22.6 Å². The number of hydrogen-bond donors (Lipinski definition) is 0. The van der Waals surface area contributed by atoms with Crippen LogP contribution in [0.15, 0.2) is 122 Å². The number of anilines is 2. The van der Waals surface area contributed by atoms with Crippen LogP contribution in [0.2, 0.25) is 103 Å². The second-order valence-corrected chi connectivity index (χ2v) is 56.6. The molecule has 2 saturated carbocycles. The van der Waals surface area contributed by atoms with E-state index in [4.69, 9.17) is 48.3 Å². The van der Waals surface area contributed by atoms with E-state index < -0.39 is 32.3 Å². The molecule has 8 aromatic rings. The first-order valence-electron chi connectivity index (χ1n) is 35.9. The van der Waals surface area contributed by atoms with Gasteiger partial charge in [0.15, 0.2) is 11.3 Å². The maximum absolute atomic E-state index is 12.1. The van der Waals surface area contributed by atoms with Crippen LogP contribution in [0.4, 0.5) is 11.6 Å². The number of ether oxygens (including phenoxy) is 4. The van der Waals surface area contributed by atoms with Crippen molar-refractivity contribution in [2.45, 2.75) is 205 Å². The Labute approximate surface area is 613 Å². The van der Waals surface area contributed by atoms with Gasteiger partial charge in [0.2, 0.25) is 0 Å². The monoisotopic (exact) mass is 1540 g/mol. The molecule has 1 aliphatic heterocycles. The molecule has 0 unspecified atom stereocenters. The predicted molar refractivity (Wildman–Crippen MR) is 426 cm³/mol. The molecule has 2 aliphatic carbocycles. The van der Waals surface area contributed by atoms with Crippen LogP contribution in [0.25, 0.3) is 44.9 Å². The summed E-state index contributed by atoms with van der Waals surface area (Å²) < 4.78 is 41.8. The molecule has 1 saturated heterocycles. The molecule has 11 rings (SSSR count). The van der Waals surface area contributed by atoms with Crippen molar-refractivity contribution in [1.29, 1.82) is 0 Å². The molecular formula is C76H110BIN10O8Si4. The first-order valence-corrected chi connectivity index (χ1v) is 51.9. The fraction of sp³-hybridized carbons (Fsp3) is 0.526. The first kappa shape index (κ1) is 78.5. The Morgan fingerprint density at radius 3 is 1.25 bits per heavy atom. The third kappa shape index (κ3) is 22.9. The molecule has 7 heterocycles. The van der Waals surface area contributed by atoms with Gasteiger partial charge in [-0.05, 0) is 112 Å². The number of aromatic nitrogens is 8. The van der Waals surface area contributed by atoms with Crippen molar-refractivity contribution in [3.8, 4) is 33.6 Å². The molecule has 2 aromatic carbocycles. The molecule has 3 aliphatic rings. The van der Waals surface area contributed by atoms with Gasteiger partial charge in [-0.15, -0.1) is 0 Å². The molecule has 538 valence electrons. The van der Waals surface area contributed by atoms with Crippen LogP contribution in [-0.2, 0) is 37.8 Å². The predicted octanol–water partition coefficient (Wildman–Crippen LogP) is 17.2. The third-order valence-electron chi connectivity index (χ3n) is 19.0. The molecular weight excluding hydrogens is 1430 g/mol. The number of carbonyl (C=O) groups is 2. The molecule has 24 heteroatoms. The number of nitrogens with zero attached hydrogens (tertiary/aromatic N) is 10. The van der Waals surface area contributed by atoms with Crippen molar-refractivity contribution in [3.05, 3.63) is 137 Å². The molecule has 6 aromatic heterocycles. The second-order valence-electron chi connectivity index (χ2n) is 32.9. The van der Waals surface area contributed by atoms with Crippen molar-refractivity contribution in [1.82, 2.24) is 39.2 Å². The molecule has 0 radical (unpaired) electrons. The lowest BCUT2D eigenvalue weighted by molar-refractivity contribution is -0.121. The van der Waals surface area contributed by atoms with E-state index >= 15 is 0 Å². The minimum absolute atomic E-state index is 0.218. The maximum atomic E-state index is 12.1. The quantitative estimate of drug-likeness (QED) is 0.0195. The van der Waals surface area contributed by atoms with Gasteiger partial charge in [0, 0.05) is 160 Å². The highest BCUT2D eigenvalue weighted by Gasteiger charge is 2.52. The summed E-state index contributed by atoms with van der Waals surface area (Å²) in [5, 5.41) is 9.49. The smallest absolute Gasteiger partial charge is 0.399 e. The zero-order chi connectivity index (χ0) is 72.0. The summed E-state index contributed by atoms with van der Waals surface area (Å²) in [5.41, 5.74) is 9.94. The molecule has 0 amide bonds. The van der Waals surface area contributed by atoms with E-state index in [0.29, 0.717) is 70.1 Å². The molecule has 0 spiro atoms. The minimum atomic E-state index is -1.23. The Bertz CT molecular complexity index is 3860. The number of Topliss-reactive ketones (excluding diaryl/α,β-unsaturated/α-hetero) is 2. The van der Waals surface area contributed by atoms with Gasteiger partial charge < -0.3 is 38.1 Å². The summed E-state index contributed by atoms with van der Waals surface area (Å²) >= 11 is 2.30. The normalized spacial score (nSPS) is 16.2. The standard InChI is InChI=1S/C35H49N5O3Si2.C24H41IN4O3Si2.C17H20BNO2/c1-44(2,3)20-18-42-25-39(26-43-19-21-45(4,5)6)34-22-33(28-12-15-30(41)16-13-28)38-35-31(24-37-40(34)35)29-14-17-32(36-23-29)27-10-8-7-9-11-27;1-33(2,3)13-11-31-17-28(18-32-12-14-34(4,5)6)23-15-22(19-7-9-20(30)10-8-19)27-24-21(25)16-26-29(23)24;1-16(2)17(3,4)21-18(20-16)14-10-11-15(19-12-14)13-8-6-5-7-9-13/h7-11,14,17,22-24,28H,12-13,15-16,18-21,25-26H2,1-6H3;15-16,19H,7-14,17-18H2,1-6H3;5-12H,1-4H3. The molecule has 0 atom stereocenters. The molecule has 3 fully saturated rings. The zero-order valence-electron chi connectivity index (χ0n) is 62.5. The fourth-order valence-electron chi connectivity index (χ4n) is 11.6. The van der Waals surface area contributed by atoms with Gasteiger partial charge in [-0.2, -0.15) is 19.2 Å². The van der Waals surface area contributed by atoms with E-state index in [2.05, 4.69) is 197 Å². The minimum Gasteiger partial charge on any atom is -0.399 e. The number of carbonyl (C=O) groups excluding carboxylic acids is 2. The summed E-state index contributed by atoms with van der Waals surface area (Å²) in [6.07, 6.45) is 13.4. The van der Waals surface area contributed by atoms with Gasteiger partial charge in [-0.1, -0.05) is 151 Å². The number of fused-ring (bicyclic) bond motifs is 2. The van der Waals surface area contributed by atoms with Gasteiger partial charge in [0.1, 0.15) is 50.1 Å². The number of benzene rings is 2. The average Bonchev–Trinajstić information content (AvgIpc) is 1.60. The van der Waals surface area contributed by atoms with E-state index in [0.717, 1.165) is 153 Å². The van der Waals surface area contributed by atoms with Gasteiger partial charge in [0.25, 0.3) is 0 Å². The Morgan fingerprint density at radius 1 is 0.490 bits per heavy atom. The lowest BCUT2D eigenvalue weighted by Crippen LogP contribution is -2.41. The number of halogens is 1. The summed E-state index contributed by atoms with van der Waals surface area (Å²) in [5.74, 6) is 3.07. The summed E-state index contributed by atoms with van der Waals surface area (Å²) in [7, 11) is -5.15. The Morgan fingerprint density at radius 2 is 0.870 bits per heavy atom. The van der Waals surface area contributed by atoms with Crippen molar-refractivity contribution in [2.75, 3.05) is 63.2 Å². The lowest BCUT2D eigenvalue weighted by atomic mass is 9.80. The largest absolute Gasteiger partial charge is 0.496 e. The Balaban J connectivity index is 0.000000187. The van der Waals surface area contributed by atoms with Crippen molar-refractivity contribution in [2.24, 2.45) is 0 Å². The number of ketones is 2. The highest BCUT2D eigenvalue weighted by Crippen LogP contribution is 2.39. The van der Waals surface area contributed by atoms with Gasteiger partial charge in [-0.25, -0.2) is 9.97 Å². The van der Waals surface area contributed by atoms with Crippen LogP contribution in [0.5, 0.6) is 0 Å². The van der Waals surface area contributed by atoms with Crippen molar-refractivity contribution in [3.63, 3.8) is 0 Å². The van der Waals surface area contributed by atoms with E-state index in [1.165, 1.54) is 0 Å². The Kier molecular flexibility index (Phi) is 27.3. The topological polar surface area (TPSA) is 182 Å². The van der Waals surface area contributed by atoms with E-state index in [1.807, 2.05) is 82.3 Å². The molecule has 18 nitrogen and oxygen atoms in total. The SMILES string of the molecule is CC1(C)OB(c2ccc(-c3ccccc3)nc2)OC1(C)C.C[Si](C)(C)CCOCN(COCC[Si](C)(C)C)c1cc(C2CCC(=O)CC2)nc2c(-c3ccc(-c4ccccc4)nc3)cnn12.C[Si](C)(C)CCOCN(COCC[Si](C)(C)C)c1cc(C2CCC(=O)CC2)nc2c(I)cnn12. The van der Waals surface area contributed by atoms with E-state index in [9.17, 15) is 9.59 Å². The van der Waals surface area contributed by atoms with Crippen molar-refractivity contribution >= 4 is 102 Å². The summed E-state index contributed by atoms with van der Waals surface area (Å²) in [6.45, 7) is 41.3. The van der Waals surface area contributed by atoms with E-state index in [1.54, 1.807) is 0 Å². The second kappa shape index (κ2) is 34.8. The fourth-order valence-corrected chi connectivity index (χ4v) is 15.1. The van der Waals surface area contributed by atoms with Crippen molar-refractivity contribution < 1.29 is 37.8 Å². The highest BCUT2D eigenvalue weighted by atomic mass is 127. The van der Waals surface area contributed by atoms with Gasteiger partial charge >= 0.3 is 7.12 Å². The highest BCUT2D eigenvalue weighted by molar-refractivity contribution is 14.1. The van der Waals surface area contributed by atoms with Crippen LogP contribution in [0, 0.1) is 3.57 Å². The van der Waals surface area contributed by atoms with Crippen LogP contribution < -0.4 is 15.3 Å².